The van der Waals surface area contributed by atoms with Crippen LogP contribution in [0.1, 0.15) is 23.7 Å². The van der Waals surface area contributed by atoms with Crippen molar-refractivity contribution < 1.29 is 14.4 Å². The Bertz CT molecular complexity index is 850. The van der Waals surface area contributed by atoms with Gasteiger partial charge >= 0.3 is 0 Å². The lowest BCUT2D eigenvalue weighted by Crippen LogP contribution is -2.28. The Hall–Kier alpha value is -2.47. The molecule has 128 valence electrons. The molecule has 1 atom stereocenters. The molecule has 5 nitrogen and oxygen atoms in total. The molecule has 1 saturated heterocycles. The van der Waals surface area contributed by atoms with Crippen LogP contribution in [0.2, 0.25) is 0 Å². The van der Waals surface area contributed by atoms with Crippen LogP contribution in [0.15, 0.2) is 53.0 Å². The fraction of sp³-hybridized carbons (Fsp3) is 0.211. The first-order valence-corrected chi connectivity index (χ1v) is 8.71. The van der Waals surface area contributed by atoms with Crippen molar-refractivity contribution in [3.63, 3.8) is 0 Å². The van der Waals surface area contributed by atoms with Gasteiger partial charge in [-0.25, -0.2) is 0 Å². The normalized spacial score (nSPS) is 16.8. The van der Waals surface area contributed by atoms with Crippen molar-refractivity contribution in [1.29, 1.82) is 0 Å². The molecule has 1 N–H and O–H groups in total. The minimum atomic E-state index is -0.424. The third kappa shape index (κ3) is 3.96. The summed E-state index contributed by atoms with van der Waals surface area (Å²) in [6.07, 6.45) is 0.171. The van der Waals surface area contributed by atoms with Crippen molar-refractivity contribution in [2.45, 2.75) is 13.3 Å². The van der Waals surface area contributed by atoms with Gasteiger partial charge in [-0.2, -0.15) is 0 Å². The minimum absolute atomic E-state index is 0.0621. The van der Waals surface area contributed by atoms with E-state index in [1.165, 1.54) is 6.92 Å². The Labute approximate surface area is 154 Å². The van der Waals surface area contributed by atoms with Gasteiger partial charge in [0, 0.05) is 34.4 Å². The predicted molar refractivity (Wildman–Crippen MR) is 99.7 cm³/mol. The average molecular weight is 401 g/mol. The van der Waals surface area contributed by atoms with Crippen LogP contribution in [0.4, 0.5) is 11.4 Å². The second kappa shape index (κ2) is 7.19. The number of benzene rings is 2. The molecule has 1 fully saturated rings. The van der Waals surface area contributed by atoms with E-state index >= 15 is 0 Å². The summed E-state index contributed by atoms with van der Waals surface area (Å²) >= 11 is 3.39. The summed E-state index contributed by atoms with van der Waals surface area (Å²) in [5.41, 5.74) is 1.87. The first-order chi connectivity index (χ1) is 11.9. The molecule has 0 unspecified atom stereocenters. The molecule has 2 amide bonds. The molecule has 0 aromatic heterocycles. The zero-order chi connectivity index (χ0) is 18.0. The number of nitrogens with zero attached hydrogens (tertiary/aromatic N) is 1. The average Bonchev–Trinajstić information content (AvgIpc) is 2.97. The molecular weight excluding hydrogens is 384 g/mol. The van der Waals surface area contributed by atoms with Gasteiger partial charge < -0.3 is 10.2 Å². The Morgan fingerprint density at radius 2 is 1.92 bits per heavy atom. The number of carbonyl (C=O) groups is 3. The van der Waals surface area contributed by atoms with Crippen LogP contribution in [0.3, 0.4) is 0 Å². The maximum absolute atomic E-state index is 12.5. The largest absolute Gasteiger partial charge is 0.326 e. The third-order valence-electron chi connectivity index (χ3n) is 4.15. The predicted octanol–water partition coefficient (Wildman–Crippen LogP) is 3.64. The number of rotatable bonds is 4. The van der Waals surface area contributed by atoms with Crippen LogP contribution >= 0.6 is 15.9 Å². The number of anilines is 2. The molecule has 1 aliphatic heterocycles. The summed E-state index contributed by atoms with van der Waals surface area (Å²) in [6, 6.07) is 14.2. The second-order valence-corrected chi connectivity index (χ2v) is 6.93. The van der Waals surface area contributed by atoms with Crippen LogP contribution in [-0.2, 0) is 9.59 Å². The number of ketones is 1. The smallest absolute Gasteiger partial charge is 0.229 e. The molecule has 0 bridgehead atoms. The first-order valence-electron chi connectivity index (χ1n) is 7.92. The molecule has 1 aliphatic rings. The number of hydrogen-bond acceptors (Lipinski definition) is 3. The lowest BCUT2D eigenvalue weighted by molar-refractivity contribution is -0.122. The van der Waals surface area contributed by atoms with Gasteiger partial charge in [-0.3, -0.25) is 14.4 Å². The summed E-state index contributed by atoms with van der Waals surface area (Å²) in [6.45, 7) is 1.82. The highest BCUT2D eigenvalue weighted by atomic mass is 79.9. The maximum atomic E-state index is 12.5. The van der Waals surface area contributed by atoms with E-state index in [0.717, 1.165) is 10.2 Å². The summed E-state index contributed by atoms with van der Waals surface area (Å²) in [5.74, 6) is -0.775. The molecule has 6 heteroatoms. The van der Waals surface area contributed by atoms with E-state index in [9.17, 15) is 14.4 Å². The van der Waals surface area contributed by atoms with Crippen molar-refractivity contribution in [2.24, 2.45) is 5.92 Å². The third-order valence-corrected chi connectivity index (χ3v) is 4.65. The molecule has 0 saturated carbocycles. The van der Waals surface area contributed by atoms with E-state index in [2.05, 4.69) is 21.2 Å². The van der Waals surface area contributed by atoms with Crippen LogP contribution in [0.25, 0.3) is 0 Å². The number of hydrogen-bond donors (Lipinski definition) is 1. The van der Waals surface area contributed by atoms with E-state index in [1.807, 2.05) is 24.3 Å². The van der Waals surface area contributed by atoms with Gasteiger partial charge in [0.1, 0.15) is 0 Å². The van der Waals surface area contributed by atoms with Gasteiger partial charge in [0.25, 0.3) is 0 Å². The monoisotopic (exact) mass is 400 g/mol. The number of nitrogens with one attached hydrogen (secondary N) is 1. The van der Waals surface area contributed by atoms with Gasteiger partial charge in [-0.05, 0) is 37.3 Å². The van der Waals surface area contributed by atoms with Crippen LogP contribution in [0, 0.1) is 5.92 Å². The van der Waals surface area contributed by atoms with Crippen LogP contribution < -0.4 is 10.2 Å². The quantitative estimate of drug-likeness (QED) is 0.796. The zero-order valence-electron chi connectivity index (χ0n) is 13.7. The molecule has 0 spiro atoms. The van der Waals surface area contributed by atoms with Gasteiger partial charge in [0.2, 0.25) is 11.8 Å². The molecule has 3 rings (SSSR count). The molecular formula is C19H17BrN2O3. The van der Waals surface area contributed by atoms with Crippen molar-refractivity contribution >= 4 is 44.9 Å². The van der Waals surface area contributed by atoms with Crippen molar-refractivity contribution in [3.05, 3.63) is 58.6 Å². The Balaban J connectivity index is 1.71. The van der Waals surface area contributed by atoms with Crippen LogP contribution in [0.5, 0.6) is 0 Å². The topological polar surface area (TPSA) is 66.5 Å². The highest BCUT2D eigenvalue weighted by molar-refractivity contribution is 9.10. The summed E-state index contributed by atoms with van der Waals surface area (Å²) in [7, 11) is 0. The molecule has 0 radical (unpaired) electrons. The first kappa shape index (κ1) is 17.4. The van der Waals surface area contributed by atoms with Crippen molar-refractivity contribution in [3.8, 4) is 0 Å². The fourth-order valence-electron chi connectivity index (χ4n) is 2.84. The molecule has 2 aromatic carbocycles. The van der Waals surface area contributed by atoms with Crippen LogP contribution in [-0.4, -0.2) is 24.1 Å². The van der Waals surface area contributed by atoms with Crippen molar-refractivity contribution in [2.75, 3.05) is 16.8 Å². The number of halogens is 1. The summed E-state index contributed by atoms with van der Waals surface area (Å²) < 4.78 is 0.881. The lowest BCUT2D eigenvalue weighted by atomic mass is 10.1. The van der Waals surface area contributed by atoms with E-state index in [4.69, 9.17) is 0 Å². The van der Waals surface area contributed by atoms with Gasteiger partial charge in [-0.15, -0.1) is 0 Å². The van der Waals surface area contributed by atoms with Gasteiger partial charge in [0.05, 0.1) is 5.92 Å². The summed E-state index contributed by atoms with van der Waals surface area (Å²) in [5, 5.41) is 2.80. The zero-order valence-corrected chi connectivity index (χ0v) is 15.2. The highest BCUT2D eigenvalue weighted by Crippen LogP contribution is 2.28. The maximum Gasteiger partial charge on any atom is 0.229 e. The Morgan fingerprint density at radius 3 is 2.64 bits per heavy atom. The van der Waals surface area contributed by atoms with E-state index in [-0.39, 0.29) is 24.0 Å². The molecule has 25 heavy (non-hydrogen) atoms. The molecule has 0 aliphatic carbocycles. The number of carbonyl (C=O) groups excluding carboxylic acids is 3. The molecule has 1 heterocycles. The van der Waals surface area contributed by atoms with E-state index in [1.54, 1.807) is 29.2 Å². The highest BCUT2D eigenvalue weighted by Gasteiger charge is 2.35. The number of amides is 2. The van der Waals surface area contributed by atoms with E-state index in [0.29, 0.717) is 17.8 Å². The SMILES string of the molecule is CC(=O)c1cccc(NC(=O)[C@@H]2CC(=O)N(c3cccc(Br)c3)C2)c1. The minimum Gasteiger partial charge on any atom is -0.326 e. The van der Waals surface area contributed by atoms with Gasteiger partial charge in [0.15, 0.2) is 5.78 Å². The van der Waals surface area contributed by atoms with Gasteiger partial charge in [-0.1, -0.05) is 34.1 Å². The Kier molecular flexibility index (Phi) is 4.99. The Morgan fingerprint density at radius 1 is 1.16 bits per heavy atom. The lowest BCUT2D eigenvalue weighted by Gasteiger charge is -2.17. The van der Waals surface area contributed by atoms with Crippen molar-refractivity contribution in [1.82, 2.24) is 0 Å². The second-order valence-electron chi connectivity index (χ2n) is 6.01. The molecule has 2 aromatic rings. The summed E-state index contributed by atoms with van der Waals surface area (Å²) in [4.78, 5) is 37.9. The number of Topliss-reactive ketones (excluding diaryl/α,β-unsaturated/α-hetero) is 1. The fourth-order valence-corrected chi connectivity index (χ4v) is 3.22. The van der Waals surface area contributed by atoms with E-state index < -0.39 is 5.92 Å². The standard InChI is InChI=1S/C19H17BrN2O3/c1-12(23)13-4-2-6-16(8-13)21-19(25)14-9-18(24)22(11-14)17-7-3-5-15(20)10-17/h2-8,10,14H,9,11H2,1H3,(H,21,25)/t14-/m1/s1.